The van der Waals surface area contributed by atoms with Gasteiger partial charge in [0.1, 0.15) is 0 Å². The maximum absolute atomic E-state index is 11.8. The molecule has 1 N–H and O–H groups in total. The molecule has 0 aliphatic carbocycles. The number of hydrogen-bond acceptors (Lipinski definition) is 5. The van der Waals surface area contributed by atoms with Gasteiger partial charge in [0.15, 0.2) is 9.84 Å². The maximum Gasteiger partial charge on any atom is 0.215 e. The van der Waals surface area contributed by atoms with Gasteiger partial charge in [0, 0.05) is 19.6 Å². The molecule has 0 radical (unpaired) electrons. The van der Waals surface area contributed by atoms with Crippen molar-refractivity contribution in [1.82, 2.24) is 9.62 Å². The smallest absolute Gasteiger partial charge is 0.215 e. The normalized spacial score (nSPS) is 22.1. The van der Waals surface area contributed by atoms with Gasteiger partial charge in [0.25, 0.3) is 0 Å². The minimum absolute atomic E-state index is 0.0287. The molecule has 6 nitrogen and oxygen atoms in total. The van der Waals surface area contributed by atoms with Crippen LogP contribution in [-0.4, -0.2) is 64.6 Å². The number of rotatable bonds is 5. The average molecular weight is 270 g/mol. The van der Waals surface area contributed by atoms with E-state index in [1.54, 1.807) is 0 Å². The van der Waals surface area contributed by atoms with Gasteiger partial charge in [-0.25, -0.2) is 16.8 Å². The van der Waals surface area contributed by atoms with E-state index in [1.807, 2.05) is 6.92 Å². The van der Waals surface area contributed by atoms with Crippen LogP contribution in [0.3, 0.4) is 0 Å². The first kappa shape index (κ1) is 13.9. The van der Waals surface area contributed by atoms with E-state index in [-0.39, 0.29) is 30.3 Å². The predicted molar refractivity (Wildman–Crippen MR) is 62.6 cm³/mol. The number of sulfone groups is 1. The van der Waals surface area contributed by atoms with Crippen LogP contribution in [-0.2, 0) is 19.9 Å². The molecule has 1 aliphatic heterocycles. The minimum atomic E-state index is -3.30. The zero-order valence-electron chi connectivity index (χ0n) is 9.35. The first-order valence-electron chi connectivity index (χ1n) is 5.26. The van der Waals surface area contributed by atoms with Gasteiger partial charge in [-0.3, -0.25) is 0 Å². The number of hydrogen-bond donors (Lipinski definition) is 1. The molecular weight excluding hydrogens is 252 g/mol. The van der Waals surface area contributed by atoms with Crippen molar-refractivity contribution in [3.8, 4) is 0 Å². The van der Waals surface area contributed by atoms with Crippen LogP contribution in [0.15, 0.2) is 0 Å². The molecule has 1 heterocycles. The van der Waals surface area contributed by atoms with Crippen LogP contribution in [0.1, 0.15) is 6.92 Å². The molecule has 0 aromatic rings. The first-order valence-corrected chi connectivity index (χ1v) is 8.69. The summed E-state index contributed by atoms with van der Waals surface area (Å²) in [7, 11) is -6.32. The van der Waals surface area contributed by atoms with Crippen LogP contribution in [0.5, 0.6) is 0 Å². The van der Waals surface area contributed by atoms with Crippen LogP contribution in [0.2, 0.25) is 0 Å². The van der Waals surface area contributed by atoms with Crippen LogP contribution in [0.25, 0.3) is 0 Å². The molecular formula is C8H18N2O4S2. The predicted octanol–water partition coefficient (Wildman–Crippen LogP) is -1.34. The highest BCUT2D eigenvalue weighted by atomic mass is 32.2. The molecule has 0 spiro atoms. The summed E-state index contributed by atoms with van der Waals surface area (Å²) < 4.78 is 47.1. The van der Waals surface area contributed by atoms with Crippen molar-refractivity contribution < 1.29 is 16.8 Å². The zero-order valence-corrected chi connectivity index (χ0v) is 11.0. The lowest BCUT2D eigenvalue weighted by Gasteiger charge is -2.25. The monoisotopic (exact) mass is 270 g/mol. The number of sulfonamides is 1. The average Bonchev–Trinajstić information content (AvgIpc) is 2.17. The van der Waals surface area contributed by atoms with Gasteiger partial charge in [-0.15, -0.1) is 0 Å². The quantitative estimate of drug-likeness (QED) is 0.625. The summed E-state index contributed by atoms with van der Waals surface area (Å²) in [6, 6.07) is 0. The largest absolute Gasteiger partial charge is 0.316 e. The summed E-state index contributed by atoms with van der Waals surface area (Å²) >= 11 is 0. The first-order chi connectivity index (χ1) is 7.37. The van der Waals surface area contributed by atoms with E-state index in [9.17, 15) is 16.8 Å². The Kier molecular flexibility index (Phi) is 4.72. The van der Waals surface area contributed by atoms with E-state index in [1.165, 1.54) is 4.31 Å². The summed E-state index contributed by atoms with van der Waals surface area (Å²) in [5, 5.41) is 2.94. The minimum Gasteiger partial charge on any atom is -0.316 e. The highest BCUT2D eigenvalue weighted by Gasteiger charge is 2.29. The summed E-state index contributed by atoms with van der Waals surface area (Å²) in [6.07, 6.45) is 0. The van der Waals surface area contributed by atoms with Crippen LogP contribution in [0.4, 0.5) is 0 Å². The maximum atomic E-state index is 11.8. The van der Waals surface area contributed by atoms with Crippen molar-refractivity contribution >= 4 is 19.9 Å². The van der Waals surface area contributed by atoms with Gasteiger partial charge < -0.3 is 5.32 Å². The Labute approximate surface area is 97.0 Å². The summed E-state index contributed by atoms with van der Waals surface area (Å²) in [6.45, 7) is 3.22. The zero-order chi connectivity index (χ0) is 12.2. The molecule has 0 amide bonds. The fourth-order valence-corrected chi connectivity index (χ4v) is 4.31. The molecule has 1 fully saturated rings. The molecule has 0 saturated carbocycles. The Morgan fingerprint density at radius 1 is 1.25 bits per heavy atom. The topological polar surface area (TPSA) is 83.6 Å². The van der Waals surface area contributed by atoms with Gasteiger partial charge in [0.2, 0.25) is 10.0 Å². The molecule has 96 valence electrons. The van der Waals surface area contributed by atoms with Crippen molar-refractivity contribution in [2.24, 2.45) is 0 Å². The Hall–Kier alpha value is -0.180. The molecule has 16 heavy (non-hydrogen) atoms. The van der Waals surface area contributed by atoms with Crippen molar-refractivity contribution in [1.29, 1.82) is 0 Å². The van der Waals surface area contributed by atoms with E-state index < -0.39 is 19.9 Å². The molecule has 0 aromatic heterocycles. The van der Waals surface area contributed by atoms with Crippen molar-refractivity contribution in [2.45, 2.75) is 6.92 Å². The van der Waals surface area contributed by atoms with Gasteiger partial charge in [-0.1, -0.05) is 6.92 Å². The Morgan fingerprint density at radius 3 is 2.31 bits per heavy atom. The lowest BCUT2D eigenvalue weighted by Crippen LogP contribution is -2.45. The summed E-state index contributed by atoms with van der Waals surface area (Å²) in [5.74, 6) is -0.0955. The van der Waals surface area contributed by atoms with Crippen molar-refractivity contribution in [3.63, 3.8) is 0 Å². The van der Waals surface area contributed by atoms with E-state index in [0.29, 0.717) is 6.54 Å². The van der Waals surface area contributed by atoms with Gasteiger partial charge in [-0.05, 0) is 6.54 Å². The number of nitrogens with one attached hydrogen (secondary N) is 1. The Morgan fingerprint density at radius 2 is 1.81 bits per heavy atom. The lowest BCUT2D eigenvalue weighted by molar-refractivity contribution is 0.430. The highest BCUT2D eigenvalue weighted by molar-refractivity contribution is 7.92. The second kappa shape index (κ2) is 5.44. The van der Waals surface area contributed by atoms with Crippen molar-refractivity contribution in [2.75, 3.05) is 43.4 Å². The lowest BCUT2D eigenvalue weighted by atomic mass is 10.6. The van der Waals surface area contributed by atoms with Crippen molar-refractivity contribution in [3.05, 3.63) is 0 Å². The third-order valence-electron chi connectivity index (χ3n) is 2.48. The Balaban J connectivity index is 2.52. The van der Waals surface area contributed by atoms with E-state index in [4.69, 9.17) is 0 Å². The van der Waals surface area contributed by atoms with Gasteiger partial charge in [0.05, 0.1) is 17.3 Å². The Bertz CT molecular complexity index is 401. The molecule has 1 aliphatic rings. The summed E-state index contributed by atoms with van der Waals surface area (Å²) in [5.41, 5.74) is 0. The third-order valence-corrected chi connectivity index (χ3v) is 5.96. The standard InChI is InChI=1S/C8H18N2O4S2/c1-2-9-3-6-16(13,14)10-4-7-15(11,12)8-5-10/h9H,2-8H2,1H3. The fourth-order valence-electron chi connectivity index (χ4n) is 1.48. The van der Waals surface area contributed by atoms with E-state index in [0.717, 1.165) is 6.54 Å². The second-order valence-corrected chi connectivity index (χ2v) is 8.11. The summed E-state index contributed by atoms with van der Waals surface area (Å²) in [4.78, 5) is 0. The van der Waals surface area contributed by atoms with E-state index in [2.05, 4.69) is 5.32 Å². The SMILES string of the molecule is CCNCCS(=O)(=O)N1CCS(=O)(=O)CC1. The second-order valence-electron chi connectivity index (χ2n) is 3.72. The van der Waals surface area contributed by atoms with Crippen LogP contribution >= 0.6 is 0 Å². The molecule has 1 saturated heterocycles. The van der Waals surface area contributed by atoms with Crippen LogP contribution < -0.4 is 5.32 Å². The molecule has 0 bridgehead atoms. The van der Waals surface area contributed by atoms with Crippen LogP contribution in [0, 0.1) is 0 Å². The molecule has 0 unspecified atom stereocenters. The van der Waals surface area contributed by atoms with Gasteiger partial charge in [-0.2, -0.15) is 4.31 Å². The third kappa shape index (κ3) is 4.00. The molecule has 0 atom stereocenters. The fraction of sp³-hybridized carbons (Fsp3) is 1.00. The number of nitrogens with zero attached hydrogens (tertiary/aromatic N) is 1. The highest BCUT2D eigenvalue weighted by Crippen LogP contribution is 2.09. The van der Waals surface area contributed by atoms with E-state index >= 15 is 0 Å². The molecule has 1 rings (SSSR count). The molecule has 0 aromatic carbocycles. The molecule has 8 heteroatoms. The van der Waals surface area contributed by atoms with Gasteiger partial charge >= 0.3 is 0 Å².